The summed E-state index contributed by atoms with van der Waals surface area (Å²) in [4.78, 5) is 4.69. The third-order valence-corrected chi connectivity index (χ3v) is 3.95. The van der Waals surface area contributed by atoms with Gasteiger partial charge in [-0.15, -0.1) is 0 Å². The first kappa shape index (κ1) is 14.2. The van der Waals surface area contributed by atoms with Crippen LogP contribution in [0.5, 0.6) is 11.5 Å². The van der Waals surface area contributed by atoms with E-state index in [1.807, 2.05) is 12.1 Å². The highest BCUT2D eigenvalue weighted by molar-refractivity contribution is 5.45. The third kappa shape index (κ3) is 3.39. The SMILES string of the molecule is COc1cccc(CN(C)C2CCCN(C)C2)c1O. The minimum absolute atomic E-state index is 0.265. The molecular formula is C15H24N2O2. The molecule has 0 radical (unpaired) electrons. The second kappa shape index (κ2) is 6.26. The van der Waals surface area contributed by atoms with E-state index in [4.69, 9.17) is 4.74 Å². The van der Waals surface area contributed by atoms with Crippen molar-refractivity contribution in [3.05, 3.63) is 23.8 Å². The topological polar surface area (TPSA) is 35.9 Å². The van der Waals surface area contributed by atoms with Gasteiger partial charge in [0.25, 0.3) is 0 Å². The molecule has 0 amide bonds. The number of piperidine rings is 1. The summed E-state index contributed by atoms with van der Waals surface area (Å²) in [7, 11) is 5.88. The van der Waals surface area contributed by atoms with E-state index in [-0.39, 0.29) is 5.75 Å². The van der Waals surface area contributed by atoms with Gasteiger partial charge in [0, 0.05) is 24.7 Å². The molecule has 1 aromatic rings. The van der Waals surface area contributed by atoms with E-state index in [1.165, 1.54) is 19.4 Å². The van der Waals surface area contributed by atoms with Gasteiger partial charge >= 0.3 is 0 Å². The molecule has 1 aliphatic rings. The molecule has 1 aliphatic heterocycles. The molecule has 4 heteroatoms. The smallest absolute Gasteiger partial charge is 0.162 e. The molecule has 0 aromatic heterocycles. The molecule has 0 aliphatic carbocycles. The minimum Gasteiger partial charge on any atom is -0.504 e. The number of likely N-dealkylation sites (tertiary alicyclic amines) is 1. The van der Waals surface area contributed by atoms with Crippen molar-refractivity contribution < 1.29 is 9.84 Å². The van der Waals surface area contributed by atoms with Crippen LogP contribution in [0.3, 0.4) is 0 Å². The van der Waals surface area contributed by atoms with Crippen LogP contribution in [0.1, 0.15) is 18.4 Å². The minimum atomic E-state index is 0.265. The molecule has 1 fully saturated rings. The zero-order chi connectivity index (χ0) is 13.8. The normalized spacial score (nSPS) is 20.7. The van der Waals surface area contributed by atoms with E-state index in [0.717, 1.165) is 18.7 Å². The molecule has 1 aromatic carbocycles. The Balaban J connectivity index is 2.04. The molecular weight excluding hydrogens is 240 g/mol. The van der Waals surface area contributed by atoms with Gasteiger partial charge in [0.05, 0.1) is 7.11 Å². The molecule has 1 atom stereocenters. The first-order chi connectivity index (χ1) is 9.11. The van der Waals surface area contributed by atoms with Gasteiger partial charge in [-0.25, -0.2) is 0 Å². The van der Waals surface area contributed by atoms with Gasteiger partial charge in [-0.2, -0.15) is 0 Å². The van der Waals surface area contributed by atoms with Crippen LogP contribution in [0.25, 0.3) is 0 Å². The molecule has 1 saturated heterocycles. The van der Waals surface area contributed by atoms with Crippen molar-refractivity contribution in [1.82, 2.24) is 9.80 Å². The fourth-order valence-electron chi connectivity index (χ4n) is 2.76. The molecule has 1 heterocycles. The maximum absolute atomic E-state index is 10.1. The van der Waals surface area contributed by atoms with Crippen LogP contribution in [0, 0.1) is 0 Å². The number of likely N-dealkylation sites (N-methyl/N-ethyl adjacent to an activating group) is 2. The molecule has 4 nitrogen and oxygen atoms in total. The summed E-state index contributed by atoms with van der Waals surface area (Å²) in [6, 6.07) is 6.23. The number of phenolic OH excluding ortho intramolecular Hbond substituents is 1. The number of phenols is 1. The summed E-state index contributed by atoms with van der Waals surface area (Å²) in [5.74, 6) is 0.813. The van der Waals surface area contributed by atoms with E-state index < -0.39 is 0 Å². The van der Waals surface area contributed by atoms with Crippen LogP contribution in [-0.4, -0.2) is 55.2 Å². The zero-order valence-electron chi connectivity index (χ0n) is 12.1. The Kier molecular flexibility index (Phi) is 4.66. The Hall–Kier alpha value is -1.26. The van der Waals surface area contributed by atoms with Gasteiger partial charge in [0.2, 0.25) is 0 Å². The Labute approximate surface area is 115 Å². The van der Waals surface area contributed by atoms with Crippen LogP contribution in [-0.2, 0) is 6.54 Å². The number of para-hydroxylation sites is 1. The lowest BCUT2D eigenvalue weighted by molar-refractivity contribution is 0.128. The van der Waals surface area contributed by atoms with Crippen LogP contribution in [0.4, 0.5) is 0 Å². The lowest BCUT2D eigenvalue weighted by Crippen LogP contribution is -2.44. The van der Waals surface area contributed by atoms with Crippen molar-refractivity contribution in [3.63, 3.8) is 0 Å². The summed E-state index contributed by atoms with van der Waals surface area (Å²) < 4.78 is 5.15. The molecule has 106 valence electrons. The van der Waals surface area contributed by atoms with E-state index in [9.17, 15) is 5.11 Å². The zero-order valence-corrected chi connectivity index (χ0v) is 12.1. The average Bonchev–Trinajstić information content (AvgIpc) is 2.41. The monoisotopic (exact) mass is 264 g/mol. The maximum atomic E-state index is 10.1. The van der Waals surface area contributed by atoms with E-state index in [0.29, 0.717) is 11.8 Å². The summed E-state index contributed by atoms with van der Waals surface area (Å²) in [5, 5.41) is 10.1. The molecule has 0 spiro atoms. The van der Waals surface area contributed by atoms with Gasteiger partial charge in [0.15, 0.2) is 11.5 Å². The number of methoxy groups -OCH3 is 1. The first-order valence-electron chi connectivity index (χ1n) is 6.85. The number of aromatic hydroxyl groups is 1. The van der Waals surface area contributed by atoms with Crippen LogP contribution in [0.2, 0.25) is 0 Å². The Bertz CT molecular complexity index is 423. The Morgan fingerprint density at radius 2 is 2.26 bits per heavy atom. The Morgan fingerprint density at radius 1 is 1.47 bits per heavy atom. The summed E-state index contributed by atoms with van der Waals surface area (Å²) in [5.41, 5.74) is 0.926. The average molecular weight is 264 g/mol. The quantitative estimate of drug-likeness (QED) is 0.901. The highest BCUT2D eigenvalue weighted by Crippen LogP contribution is 2.30. The second-order valence-corrected chi connectivity index (χ2v) is 5.44. The van der Waals surface area contributed by atoms with E-state index in [2.05, 4.69) is 23.9 Å². The van der Waals surface area contributed by atoms with Crippen molar-refractivity contribution in [3.8, 4) is 11.5 Å². The van der Waals surface area contributed by atoms with Gasteiger partial charge in [-0.3, -0.25) is 4.90 Å². The highest BCUT2D eigenvalue weighted by Gasteiger charge is 2.22. The Morgan fingerprint density at radius 3 is 2.95 bits per heavy atom. The van der Waals surface area contributed by atoms with Crippen molar-refractivity contribution in [2.45, 2.75) is 25.4 Å². The van der Waals surface area contributed by atoms with Crippen LogP contribution in [0.15, 0.2) is 18.2 Å². The number of nitrogens with zero attached hydrogens (tertiary/aromatic N) is 2. The van der Waals surface area contributed by atoms with Gasteiger partial charge in [-0.1, -0.05) is 12.1 Å². The van der Waals surface area contributed by atoms with Gasteiger partial charge < -0.3 is 14.7 Å². The standard InChI is InChI=1S/C15H24N2O2/c1-16-9-5-7-13(11-16)17(2)10-12-6-4-8-14(19-3)15(12)18/h4,6,8,13,18H,5,7,9-11H2,1-3H3. The largest absolute Gasteiger partial charge is 0.504 e. The number of hydrogen-bond acceptors (Lipinski definition) is 4. The number of rotatable bonds is 4. The molecule has 2 rings (SSSR count). The molecule has 1 N–H and O–H groups in total. The highest BCUT2D eigenvalue weighted by atomic mass is 16.5. The van der Waals surface area contributed by atoms with Gasteiger partial charge in [-0.05, 0) is 39.5 Å². The maximum Gasteiger partial charge on any atom is 0.162 e. The predicted molar refractivity (Wildman–Crippen MR) is 76.6 cm³/mol. The lowest BCUT2D eigenvalue weighted by atomic mass is 10.0. The summed E-state index contributed by atoms with van der Waals surface area (Å²) >= 11 is 0. The molecule has 0 saturated carbocycles. The van der Waals surface area contributed by atoms with Crippen molar-refractivity contribution in [1.29, 1.82) is 0 Å². The van der Waals surface area contributed by atoms with Crippen molar-refractivity contribution in [2.75, 3.05) is 34.3 Å². The fourth-order valence-corrected chi connectivity index (χ4v) is 2.76. The number of ether oxygens (including phenoxy) is 1. The molecule has 0 bridgehead atoms. The fraction of sp³-hybridized carbons (Fsp3) is 0.600. The third-order valence-electron chi connectivity index (χ3n) is 3.95. The van der Waals surface area contributed by atoms with Crippen LogP contribution < -0.4 is 4.74 Å². The predicted octanol–water partition coefficient (Wildman–Crippen LogP) is 1.93. The number of hydrogen-bond donors (Lipinski definition) is 1. The summed E-state index contributed by atoms with van der Waals surface area (Å²) in [6.45, 7) is 3.04. The molecule has 1 unspecified atom stereocenters. The lowest BCUT2D eigenvalue weighted by Gasteiger charge is -2.36. The summed E-state index contributed by atoms with van der Waals surface area (Å²) in [6.07, 6.45) is 2.47. The van der Waals surface area contributed by atoms with E-state index in [1.54, 1.807) is 13.2 Å². The van der Waals surface area contributed by atoms with Crippen LogP contribution >= 0.6 is 0 Å². The first-order valence-corrected chi connectivity index (χ1v) is 6.85. The second-order valence-electron chi connectivity index (χ2n) is 5.44. The number of benzene rings is 1. The van der Waals surface area contributed by atoms with Gasteiger partial charge in [0.1, 0.15) is 0 Å². The van der Waals surface area contributed by atoms with Crippen molar-refractivity contribution in [2.24, 2.45) is 0 Å². The van der Waals surface area contributed by atoms with Crippen molar-refractivity contribution >= 4 is 0 Å². The molecule has 19 heavy (non-hydrogen) atoms. The van der Waals surface area contributed by atoms with E-state index >= 15 is 0 Å².